The summed E-state index contributed by atoms with van der Waals surface area (Å²) in [5.41, 5.74) is 0.381. The van der Waals surface area contributed by atoms with E-state index >= 15 is 0 Å². The smallest absolute Gasteiger partial charge is 0.224 e. The molecule has 0 saturated carbocycles. The Balaban J connectivity index is 1.65. The second-order valence-corrected chi connectivity index (χ2v) is 6.60. The fraction of sp³-hybridized carbons (Fsp3) is 0.588. The molecule has 0 unspecified atom stereocenters. The molecule has 1 aliphatic rings. The van der Waals surface area contributed by atoms with Crippen molar-refractivity contribution in [3.05, 3.63) is 34.6 Å². The summed E-state index contributed by atoms with van der Waals surface area (Å²) >= 11 is 5.69. The fourth-order valence-corrected chi connectivity index (χ4v) is 3.08. The molecule has 1 heterocycles. The van der Waals surface area contributed by atoms with Crippen LogP contribution >= 0.6 is 11.6 Å². The molecule has 0 aromatic heterocycles. The molecule has 122 valence electrons. The average molecular weight is 327 g/mol. The van der Waals surface area contributed by atoms with Crippen LogP contribution in [0, 0.1) is 11.7 Å². The van der Waals surface area contributed by atoms with Gasteiger partial charge in [0.25, 0.3) is 0 Å². The number of carbonyl (C=O) groups is 1. The van der Waals surface area contributed by atoms with Crippen LogP contribution in [0.15, 0.2) is 18.2 Å². The predicted molar refractivity (Wildman–Crippen MR) is 87.6 cm³/mol. The molecule has 3 nitrogen and oxygen atoms in total. The van der Waals surface area contributed by atoms with Crippen LogP contribution in [0.4, 0.5) is 4.39 Å². The van der Waals surface area contributed by atoms with Gasteiger partial charge in [0.05, 0.1) is 6.42 Å². The maximum absolute atomic E-state index is 13.6. The van der Waals surface area contributed by atoms with E-state index in [2.05, 4.69) is 17.1 Å². The summed E-state index contributed by atoms with van der Waals surface area (Å²) in [4.78, 5) is 14.3. The second-order valence-electron chi connectivity index (χ2n) is 6.16. The van der Waals surface area contributed by atoms with Crippen molar-refractivity contribution < 1.29 is 9.18 Å². The van der Waals surface area contributed by atoms with E-state index in [1.54, 1.807) is 12.1 Å². The normalized spacial score (nSPS) is 19.1. The van der Waals surface area contributed by atoms with Crippen molar-refractivity contribution in [2.75, 3.05) is 26.2 Å². The topological polar surface area (TPSA) is 32.3 Å². The summed E-state index contributed by atoms with van der Waals surface area (Å²) < 4.78 is 13.6. The molecule has 1 saturated heterocycles. The summed E-state index contributed by atoms with van der Waals surface area (Å²) in [5.74, 6) is 0.203. The molecule has 1 atom stereocenters. The molecule has 0 spiro atoms. The van der Waals surface area contributed by atoms with Crippen LogP contribution in [-0.4, -0.2) is 37.0 Å². The van der Waals surface area contributed by atoms with Gasteiger partial charge in [0.15, 0.2) is 0 Å². The quantitative estimate of drug-likeness (QED) is 0.814. The van der Waals surface area contributed by atoms with Crippen molar-refractivity contribution in [3.63, 3.8) is 0 Å². The lowest BCUT2D eigenvalue weighted by Crippen LogP contribution is -2.36. The Kier molecular flexibility index (Phi) is 6.65. The largest absolute Gasteiger partial charge is 0.356 e. The third-order valence-electron chi connectivity index (χ3n) is 4.08. The highest BCUT2D eigenvalue weighted by atomic mass is 35.5. The van der Waals surface area contributed by atoms with E-state index < -0.39 is 5.82 Å². The van der Waals surface area contributed by atoms with Crippen LogP contribution in [-0.2, 0) is 11.2 Å². The third-order valence-corrected chi connectivity index (χ3v) is 4.32. The lowest BCUT2D eigenvalue weighted by molar-refractivity contribution is -0.120. The van der Waals surface area contributed by atoms with Gasteiger partial charge in [-0.15, -0.1) is 0 Å². The van der Waals surface area contributed by atoms with Crippen molar-refractivity contribution in [1.29, 1.82) is 0 Å². The van der Waals surface area contributed by atoms with E-state index in [0.29, 0.717) is 17.1 Å². The van der Waals surface area contributed by atoms with Crippen LogP contribution < -0.4 is 5.32 Å². The number of piperidine rings is 1. The summed E-state index contributed by atoms with van der Waals surface area (Å²) in [6.45, 7) is 6.26. The number of nitrogens with zero attached hydrogens (tertiary/aromatic N) is 1. The zero-order valence-electron chi connectivity index (χ0n) is 13.1. The van der Waals surface area contributed by atoms with Crippen molar-refractivity contribution in [1.82, 2.24) is 10.2 Å². The number of likely N-dealkylation sites (tertiary alicyclic amines) is 1. The zero-order valence-corrected chi connectivity index (χ0v) is 13.8. The van der Waals surface area contributed by atoms with E-state index in [-0.39, 0.29) is 12.3 Å². The van der Waals surface area contributed by atoms with E-state index in [1.165, 1.54) is 18.9 Å². The Bertz CT molecular complexity index is 509. The number of halogens is 2. The van der Waals surface area contributed by atoms with Crippen LogP contribution in [0.2, 0.25) is 5.02 Å². The minimum absolute atomic E-state index is 0.0593. The molecule has 0 aliphatic carbocycles. The number of amides is 1. The first-order valence-corrected chi connectivity index (χ1v) is 8.35. The van der Waals surface area contributed by atoms with Crippen LogP contribution in [0.3, 0.4) is 0 Å². The number of hydrogen-bond donors (Lipinski definition) is 1. The SMILES string of the molecule is C[C@@H]1CCCN(CCCNC(=O)Cc2ccc(Cl)cc2F)C1. The van der Waals surface area contributed by atoms with Crippen molar-refractivity contribution >= 4 is 17.5 Å². The van der Waals surface area contributed by atoms with Gasteiger partial charge in [-0.2, -0.15) is 0 Å². The number of hydrogen-bond acceptors (Lipinski definition) is 2. The summed E-state index contributed by atoms with van der Waals surface area (Å²) in [7, 11) is 0. The predicted octanol–water partition coefficient (Wildman–Crippen LogP) is 3.26. The van der Waals surface area contributed by atoms with Crippen LogP contribution in [0.25, 0.3) is 0 Å². The molecule has 0 bridgehead atoms. The Morgan fingerprint density at radius 1 is 1.50 bits per heavy atom. The van der Waals surface area contributed by atoms with Gasteiger partial charge >= 0.3 is 0 Å². The standard InChI is InChI=1S/C17H24ClFN2O/c1-13-4-2-8-21(12-13)9-3-7-20-17(22)10-14-5-6-15(18)11-16(14)19/h5-6,11,13H,2-4,7-10,12H2,1H3,(H,20,22)/t13-/m1/s1. The minimum atomic E-state index is -0.426. The Hall–Kier alpha value is -1.13. The maximum Gasteiger partial charge on any atom is 0.224 e. The average Bonchev–Trinajstić information content (AvgIpc) is 2.47. The maximum atomic E-state index is 13.6. The highest BCUT2D eigenvalue weighted by Crippen LogP contribution is 2.16. The van der Waals surface area contributed by atoms with Crippen LogP contribution in [0.1, 0.15) is 31.7 Å². The van der Waals surface area contributed by atoms with Crippen LogP contribution in [0.5, 0.6) is 0 Å². The number of benzene rings is 1. The van der Waals surface area contributed by atoms with Crippen molar-refractivity contribution in [2.45, 2.75) is 32.6 Å². The number of nitrogens with one attached hydrogen (secondary N) is 1. The molecule has 2 rings (SSSR count). The molecule has 1 N–H and O–H groups in total. The van der Waals surface area contributed by atoms with Crippen molar-refractivity contribution in [3.8, 4) is 0 Å². The first-order valence-electron chi connectivity index (χ1n) is 7.97. The number of carbonyl (C=O) groups excluding carboxylic acids is 1. The summed E-state index contributed by atoms with van der Waals surface area (Å²) in [6.07, 6.45) is 3.58. The fourth-order valence-electron chi connectivity index (χ4n) is 2.92. The van der Waals surface area contributed by atoms with Gasteiger partial charge in [0, 0.05) is 18.1 Å². The summed E-state index contributed by atoms with van der Waals surface area (Å²) in [6, 6.07) is 4.40. The molecule has 1 aliphatic heterocycles. The zero-order chi connectivity index (χ0) is 15.9. The van der Waals surface area contributed by atoms with Gasteiger partial charge in [-0.1, -0.05) is 24.6 Å². The molecule has 1 amide bonds. The molecule has 0 radical (unpaired) electrons. The van der Waals surface area contributed by atoms with Gasteiger partial charge in [0.2, 0.25) is 5.91 Å². The van der Waals surface area contributed by atoms with Gasteiger partial charge in [-0.3, -0.25) is 4.79 Å². The monoisotopic (exact) mass is 326 g/mol. The Labute approximate surface area is 136 Å². The lowest BCUT2D eigenvalue weighted by Gasteiger charge is -2.30. The Morgan fingerprint density at radius 3 is 3.05 bits per heavy atom. The number of rotatable bonds is 6. The van der Waals surface area contributed by atoms with E-state index in [0.717, 1.165) is 32.0 Å². The van der Waals surface area contributed by atoms with E-state index in [4.69, 9.17) is 11.6 Å². The van der Waals surface area contributed by atoms with E-state index in [9.17, 15) is 9.18 Å². The molecule has 22 heavy (non-hydrogen) atoms. The van der Waals surface area contributed by atoms with Gasteiger partial charge in [-0.25, -0.2) is 4.39 Å². The molecule has 1 aromatic carbocycles. The molecular formula is C17H24ClFN2O. The summed E-state index contributed by atoms with van der Waals surface area (Å²) in [5, 5.41) is 3.20. The highest BCUT2D eigenvalue weighted by Gasteiger charge is 2.15. The van der Waals surface area contributed by atoms with E-state index in [1.807, 2.05) is 0 Å². The highest BCUT2D eigenvalue weighted by molar-refractivity contribution is 6.30. The van der Waals surface area contributed by atoms with Gasteiger partial charge in [0.1, 0.15) is 5.82 Å². The molecular weight excluding hydrogens is 303 g/mol. The molecule has 5 heteroatoms. The van der Waals surface area contributed by atoms with Gasteiger partial charge < -0.3 is 10.2 Å². The van der Waals surface area contributed by atoms with Gasteiger partial charge in [-0.05, 0) is 56.0 Å². The minimum Gasteiger partial charge on any atom is -0.356 e. The first-order chi connectivity index (χ1) is 10.5. The second kappa shape index (κ2) is 8.49. The first kappa shape index (κ1) is 17.2. The lowest BCUT2D eigenvalue weighted by atomic mass is 10.0. The molecule has 1 aromatic rings. The molecule has 1 fully saturated rings. The van der Waals surface area contributed by atoms with Crippen molar-refractivity contribution in [2.24, 2.45) is 5.92 Å². The Morgan fingerprint density at radius 2 is 2.32 bits per heavy atom. The third kappa shape index (κ3) is 5.58.